The molecule has 1 heterocycles. The van der Waals surface area contributed by atoms with Crippen LogP contribution in [0.1, 0.15) is 50.4 Å². The van der Waals surface area contributed by atoms with Crippen molar-refractivity contribution in [2.75, 3.05) is 12.3 Å². The maximum Gasteiger partial charge on any atom is 0.0847 e. The first kappa shape index (κ1) is 17.2. The van der Waals surface area contributed by atoms with Crippen LogP contribution in [0.25, 0.3) is 0 Å². The summed E-state index contributed by atoms with van der Waals surface area (Å²) in [7, 11) is 2.00. The number of hydrogen-bond acceptors (Lipinski definition) is 3. The van der Waals surface area contributed by atoms with Gasteiger partial charge in [0.25, 0.3) is 0 Å². The van der Waals surface area contributed by atoms with E-state index in [2.05, 4.69) is 29.1 Å². The van der Waals surface area contributed by atoms with Crippen LogP contribution >= 0.6 is 23.4 Å². The molecule has 0 radical (unpaired) electrons. The summed E-state index contributed by atoms with van der Waals surface area (Å²) in [6, 6.07) is 0.489. The summed E-state index contributed by atoms with van der Waals surface area (Å²) in [5.41, 5.74) is 2.10. The molecular weight excluding hydrogens is 302 g/mol. The summed E-state index contributed by atoms with van der Waals surface area (Å²) in [5.74, 6) is 1.17. The van der Waals surface area contributed by atoms with Gasteiger partial charge in [-0.25, -0.2) is 0 Å². The normalized spacial score (nSPS) is 17.5. The third-order valence-electron chi connectivity index (χ3n) is 4.22. The molecule has 0 bridgehead atoms. The Balaban J connectivity index is 1.94. The van der Waals surface area contributed by atoms with Crippen LogP contribution in [0.15, 0.2) is 0 Å². The molecule has 1 aliphatic carbocycles. The van der Waals surface area contributed by atoms with Gasteiger partial charge < -0.3 is 5.32 Å². The van der Waals surface area contributed by atoms with Crippen LogP contribution in [0.4, 0.5) is 0 Å². The molecule has 0 amide bonds. The van der Waals surface area contributed by atoms with Crippen molar-refractivity contribution >= 4 is 23.4 Å². The fraction of sp³-hybridized carbons (Fsp3) is 0.812. The maximum absolute atomic E-state index is 6.40. The minimum atomic E-state index is 0.489. The summed E-state index contributed by atoms with van der Waals surface area (Å²) in [6.45, 7) is 5.27. The summed E-state index contributed by atoms with van der Waals surface area (Å²) >= 11 is 8.55. The van der Waals surface area contributed by atoms with Crippen LogP contribution < -0.4 is 5.32 Å². The van der Waals surface area contributed by atoms with E-state index in [1.807, 2.05) is 18.7 Å². The number of thioether (sulfide) groups is 1. The third-order valence-corrected chi connectivity index (χ3v) is 6.25. The molecular formula is C16H28ClN3S. The average molecular weight is 330 g/mol. The van der Waals surface area contributed by atoms with E-state index in [1.165, 1.54) is 37.9 Å². The monoisotopic (exact) mass is 329 g/mol. The number of aryl methyl sites for hydroxylation is 2. The molecule has 2 rings (SSSR count). The predicted molar refractivity (Wildman–Crippen MR) is 93.5 cm³/mol. The van der Waals surface area contributed by atoms with E-state index in [0.29, 0.717) is 6.04 Å². The van der Waals surface area contributed by atoms with Gasteiger partial charge in [-0.2, -0.15) is 16.9 Å². The van der Waals surface area contributed by atoms with Crippen LogP contribution in [0.3, 0.4) is 0 Å². The zero-order valence-electron chi connectivity index (χ0n) is 13.5. The topological polar surface area (TPSA) is 29.9 Å². The van der Waals surface area contributed by atoms with E-state index in [-0.39, 0.29) is 0 Å². The number of hydrogen-bond donors (Lipinski definition) is 1. The molecule has 1 aliphatic rings. The lowest BCUT2D eigenvalue weighted by Gasteiger charge is -2.20. The molecule has 1 aromatic rings. The highest BCUT2D eigenvalue weighted by molar-refractivity contribution is 7.99. The molecule has 0 spiro atoms. The number of nitrogens with one attached hydrogen (secondary N) is 1. The van der Waals surface area contributed by atoms with E-state index in [0.717, 1.165) is 34.6 Å². The van der Waals surface area contributed by atoms with Crippen LogP contribution in [0.2, 0.25) is 5.02 Å². The number of aromatic nitrogens is 2. The molecule has 1 aromatic heterocycles. The Kier molecular flexibility index (Phi) is 6.90. The van der Waals surface area contributed by atoms with Crippen molar-refractivity contribution in [2.45, 2.75) is 63.7 Å². The molecule has 1 fully saturated rings. The highest BCUT2D eigenvalue weighted by Crippen LogP contribution is 2.30. The number of halogens is 1. The zero-order valence-corrected chi connectivity index (χ0v) is 15.1. The van der Waals surface area contributed by atoms with Gasteiger partial charge in [-0.3, -0.25) is 4.68 Å². The van der Waals surface area contributed by atoms with E-state index < -0.39 is 0 Å². The Morgan fingerprint density at radius 2 is 2.14 bits per heavy atom. The lowest BCUT2D eigenvalue weighted by Crippen LogP contribution is -2.35. The number of rotatable bonds is 8. The van der Waals surface area contributed by atoms with Crippen LogP contribution in [-0.4, -0.2) is 33.4 Å². The van der Waals surface area contributed by atoms with Gasteiger partial charge in [-0.05, 0) is 32.7 Å². The van der Waals surface area contributed by atoms with Crippen molar-refractivity contribution in [3.05, 3.63) is 16.4 Å². The summed E-state index contributed by atoms with van der Waals surface area (Å²) < 4.78 is 1.94. The van der Waals surface area contributed by atoms with Crippen LogP contribution in [-0.2, 0) is 13.5 Å². The Hall–Kier alpha value is -0.190. The second-order valence-electron chi connectivity index (χ2n) is 6.06. The Labute approximate surface area is 138 Å². The second kappa shape index (κ2) is 8.44. The van der Waals surface area contributed by atoms with Gasteiger partial charge in [-0.1, -0.05) is 31.4 Å². The summed E-state index contributed by atoms with van der Waals surface area (Å²) in [5, 5.41) is 9.83. The molecule has 5 heteroatoms. The lowest BCUT2D eigenvalue weighted by molar-refractivity contribution is 0.531. The molecule has 0 aromatic carbocycles. The van der Waals surface area contributed by atoms with Gasteiger partial charge in [0.1, 0.15) is 0 Å². The molecule has 1 N–H and O–H groups in total. The standard InChI is InChI=1S/C16H28ClN3S/c1-4-9-18-13(11-21-14-7-5-6-8-14)10-15-16(17)12(2)19-20(15)3/h13-14,18H,4-11H2,1-3H3. The lowest BCUT2D eigenvalue weighted by atomic mass is 10.1. The summed E-state index contributed by atoms with van der Waals surface area (Å²) in [4.78, 5) is 0. The van der Waals surface area contributed by atoms with Crippen molar-refractivity contribution in [2.24, 2.45) is 7.05 Å². The zero-order chi connectivity index (χ0) is 15.2. The van der Waals surface area contributed by atoms with Crippen LogP contribution in [0.5, 0.6) is 0 Å². The van der Waals surface area contributed by atoms with Crippen LogP contribution in [0, 0.1) is 6.92 Å². The first-order valence-corrected chi connectivity index (χ1v) is 9.57. The van der Waals surface area contributed by atoms with Gasteiger partial charge in [-0.15, -0.1) is 0 Å². The Morgan fingerprint density at radius 1 is 1.43 bits per heavy atom. The first-order valence-electron chi connectivity index (χ1n) is 8.14. The van der Waals surface area contributed by atoms with Gasteiger partial charge in [0.15, 0.2) is 0 Å². The molecule has 120 valence electrons. The molecule has 1 atom stereocenters. The quantitative estimate of drug-likeness (QED) is 0.782. The minimum Gasteiger partial charge on any atom is -0.313 e. The van der Waals surface area contributed by atoms with E-state index in [4.69, 9.17) is 11.6 Å². The fourth-order valence-electron chi connectivity index (χ4n) is 2.98. The van der Waals surface area contributed by atoms with Crippen molar-refractivity contribution in [1.82, 2.24) is 15.1 Å². The van der Waals surface area contributed by atoms with Gasteiger partial charge in [0.05, 0.1) is 16.4 Å². The second-order valence-corrected chi connectivity index (χ2v) is 7.78. The highest BCUT2D eigenvalue weighted by atomic mass is 35.5. The smallest absolute Gasteiger partial charge is 0.0847 e. The highest BCUT2D eigenvalue weighted by Gasteiger charge is 2.20. The third kappa shape index (κ3) is 4.90. The Morgan fingerprint density at radius 3 is 2.71 bits per heavy atom. The van der Waals surface area contributed by atoms with E-state index in [1.54, 1.807) is 0 Å². The minimum absolute atomic E-state index is 0.489. The predicted octanol–water partition coefficient (Wildman–Crippen LogP) is 3.97. The first-order chi connectivity index (χ1) is 10.1. The SMILES string of the molecule is CCCNC(CSC1CCCC1)Cc1c(Cl)c(C)nn1C. The molecule has 21 heavy (non-hydrogen) atoms. The van der Waals surface area contributed by atoms with E-state index >= 15 is 0 Å². The Bertz CT molecular complexity index is 441. The average Bonchev–Trinajstić information content (AvgIpc) is 3.05. The van der Waals surface area contributed by atoms with Gasteiger partial charge >= 0.3 is 0 Å². The van der Waals surface area contributed by atoms with Crippen molar-refractivity contribution in [1.29, 1.82) is 0 Å². The van der Waals surface area contributed by atoms with Gasteiger partial charge in [0.2, 0.25) is 0 Å². The fourth-order valence-corrected chi connectivity index (χ4v) is 4.63. The van der Waals surface area contributed by atoms with Crippen molar-refractivity contribution < 1.29 is 0 Å². The largest absolute Gasteiger partial charge is 0.313 e. The van der Waals surface area contributed by atoms with Crippen molar-refractivity contribution in [3.8, 4) is 0 Å². The maximum atomic E-state index is 6.40. The molecule has 0 aliphatic heterocycles. The summed E-state index contributed by atoms with van der Waals surface area (Å²) in [6.07, 6.45) is 7.76. The van der Waals surface area contributed by atoms with E-state index in [9.17, 15) is 0 Å². The molecule has 1 saturated carbocycles. The van der Waals surface area contributed by atoms with Gasteiger partial charge in [0, 0.05) is 30.5 Å². The molecule has 1 unspecified atom stereocenters. The molecule has 0 saturated heterocycles. The molecule has 3 nitrogen and oxygen atoms in total. The van der Waals surface area contributed by atoms with Crippen molar-refractivity contribution in [3.63, 3.8) is 0 Å². The number of nitrogens with zero attached hydrogens (tertiary/aromatic N) is 2.